The zero-order valence-corrected chi connectivity index (χ0v) is 18.3. The molecule has 1 fully saturated rings. The first kappa shape index (κ1) is 21.5. The SMILES string of the molecule is CN=C(NCc1ccc(N2CC=CC2)cc1)N1CCCC(CC(N)=O)C1.I. The van der Waals surface area contributed by atoms with Crippen molar-refractivity contribution in [3.05, 3.63) is 42.0 Å². The Bertz CT molecular complexity index is 665. The summed E-state index contributed by atoms with van der Waals surface area (Å²) < 4.78 is 0. The second-order valence-electron chi connectivity index (χ2n) is 7.07. The molecule has 27 heavy (non-hydrogen) atoms. The van der Waals surface area contributed by atoms with Crippen LogP contribution in [0.25, 0.3) is 0 Å². The third kappa shape index (κ3) is 6.12. The molecular formula is C20H30IN5O. The molecule has 0 radical (unpaired) electrons. The molecule has 2 heterocycles. The van der Waals surface area contributed by atoms with Gasteiger partial charge < -0.3 is 20.9 Å². The number of benzene rings is 1. The van der Waals surface area contributed by atoms with Gasteiger partial charge in [0.25, 0.3) is 0 Å². The van der Waals surface area contributed by atoms with E-state index >= 15 is 0 Å². The molecule has 0 bridgehead atoms. The molecule has 0 saturated carbocycles. The van der Waals surface area contributed by atoms with Crippen molar-refractivity contribution in [1.29, 1.82) is 0 Å². The molecule has 2 aliphatic rings. The number of nitrogens with two attached hydrogens (primary N) is 1. The highest BCUT2D eigenvalue weighted by Crippen LogP contribution is 2.20. The Balaban J connectivity index is 0.00000261. The Labute approximate surface area is 178 Å². The standard InChI is InChI=1S/C20H29N5O.HI/c1-22-20(25-12-4-5-17(15-25)13-19(21)26)23-14-16-6-8-18(9-7-16)24-10-2-3-11-24;/h2-3,6-9,17H,4-5,10-15H2,1H3,(H2,21,26)(H,22,23);1H. The van der Waals surface area contributed by atoms with Gasteiger partial charge in [-0.15, -0.1) is 24.0 Å². The Morgan fingerprint density at radius 2 is 1.96 bits per heavy atom. The molecule has 1 atom stereocenters. The van der Waals surface area contributed by atoms with E-state index in [0.29, 0.717) is 12.3 Å². The van der Waals surface area contributed by atoms with Gasteiger partial charge in [0.2, 0.25) is 5.91 Å². The molecule has 3 N–H and O–H groups in total. The molecule has 0 aromatic heterocycles. The first-order valence-corrected chi connectivity index (χ1v) is 9.38. The number of rotatable bonds is 5. The summed E-state index contributed by atoms with van der Waals surface area (Å²) in [4.78, 5) is 20.2. The highest BCUT2D eigenvalue weighted by molar-refractivity contribution is 14.0. The van der Waals surface area contributed by atoms with E-state index in [1.807, 2.05) is 7.05 Å². The molecule has 1 saturated heterocycles. The van der Waals surface area contributed by atoms with E-state index in [4.69, 9.17) is 5.73 Å². The number of piperidine rings is 1. The molecule has 1 aromatic rings. The van der Waals surface area contributed by atoms with Crippen LogP contribution >= 0.6 is 24.0 Å². The highest BCUT2D eigenvalue weighted by atomic mass is 127. The molecule has 7 heteroatoms. The van der Waals surface area contributed by atoms with Crippen molar-refractivity contribution in [3.8, 4) is 0 Å². The van der Waals surface area contributed by atoms with Gasteiger partial charge in [-0.1, -0.05) is 24.3 Å². The summed E-state index contributed by atoms with van der Waals surface area (Å²) in [5, 5.41) is 3.45. The second kappa shape index (κ2) is 10.5. The van der Waals surface area contributed by atoms with Gasteiger partial charge in [0.15, 0.2) is 5.96 Å². The maximum Gasteiger partial charge on any atom is 0.217 e. The Hall–Kier alpha value is -1.77. The zero-order chi connectivity index (χ0) is 18.4. The number of guanidine groups is 1. The van der Waals surface area contributed by atoms with E-state index < -0.39 is 0 Å². The van der Waals surface area contributed by atoms with Crippen molar-refractivity contribution in [2.24, 2.45) is 16.6 Å². The minimum atomic E-state index is -0.215. The van der Waals surface area contributed by atoms with Crippen molar-refractivity contribution in [1.82, 2.24) is 10.2 Å². The van der Waals surface area contributed by atoms with Gasteiger partial charge in [-0.3, -0.25) is 9.79 Å². The maximum absolute atomic E-state index is 11.2. The average Bonchev–Trinajstić information content (AvgIpc) is 3.17. The van der Waals surface area contributed by atoms with Crippen molar-refractivity contribution in [3.63, 3.8) is 0 Å². The van der Waals surface area contributed by atoms with Crippen LogP contribution in [0.1, 0.15) is 24.8 Å². The van der Waals surface area contributed by atoms with E-state index in [1.165, 1.54) is 11.3 Å². The molecule has 1 amide bonds. The van der Waals surface area contributed by atoms with Crippen LogP contribution in [-0.2, 0) is 11.3 Å². The van der Waals surface area contributed by atoms with Crippen LogP contribution in [0.4, 0.5) is 5.69 Å². The lowest BCUT2D eigenvalue weighted by atomic mass is 9.95. The third-order valence-corrected chi connectivity index (χ3v) is 5.09. The highest BCUT2D eigenvalue weighted by Gasteiger charge is 2.23. The number of amides is 1. The molecular weight excluding hydrogens is 453 g/mol. The molecule has 2 aliphatic heterocycles. The normalized spacial score (nSPS) is 19.7. The summed E-state index contributed by atoms with van der Waals surface area (Å²) in [7, 11) is 1.81. The van der Waals surface area contributed by atoms with Crippen LogP contribution in [0.3, 0.4) is 0 Å². The number of hydrogen-bond donors (Lipinski definition) is 2. The van der Waals surface area contributed by atoms with Crippen molar-refractivity contribution >= 4 is 41.5 Å². The number of nitrogens with zero attached hydrogens (tertiary/aromatic N) is 3. The largest absolute Gasteiger partial charge is 0.370 e. The molecule has 148 valence electrons. The lowest BCUT2D eigenvalue weighted by molar-refractivity contribution is -0.119. The summed E-state index contributed by atoms with van der Waals surface area (Å²) in [5.41, 5.74) is 7.85. The van der Waals surface area contributed by atoms with Gasteiger partial charge in [0.1, 0.15) is 0 Å². The minimum absolute atomic E-state index is 0. The summed E-state index contributed by atoms with van der Waals surface area (Å²) in [5.74, 6) is 1.01. The van der Waals surface area contributed by atoms with Gasteiger partial charge in [-0.05, 0) is 36.5 Å². The molecule has 6 nitrogen and oxygen atoms in total. The van der Waals surface area contributed by atoms with Gasteiger partial charge in [0.05, 0.1) is 0 Å². The summed E-state index contributed by atoms with van der Waals surface area (Å²) >= 11 is 0. The number of anilines is 1. The molecule has 1 unspecified atom stereocenters. The van der Waals surface area contributed by atoms with E-state index in [-0.39, 0.29) is 29.9 Å². The fraction of sp³-hybridized carbons (Fsp3) is 0.500. The Morgan fingerprint density at radius 3 is 2.59 bits per heavy atom. The van der Waals surface area contributed by atoms with E-state index in [2.05, 4.69) is 56.5 Å². The topological polar surface area (TPSA) is 74.0 Å². The fourth-order valence-corrected chi connectivity index (χ4v) is 3.74. The van der Waals surface area contributed by atoms with Crippen molar-refractivity contribution in [2.75, 3.05) is 38.1 Å². The predicted octanol–water partition coefficient (Wildman–Crippen LogP) is 2.34. The smallest absolute Gasteiger partial charge is 0.217 e. The molecule has 0 aliphatic carbocycles. The molecule has 3 rings (SSSR count). The summed E-state index contributed by atoms with van der Waals surface area (Å²) in [6.07, 6.45) is 6.98. The molecule has 0 spiro atoms. The number of likely N-dealkylation sites (tertiary alicyclic amines) is 1. The lowest BCUT2D eigenvalue weighted by Gasteiger charge is -2.34. The van der Waals surface area contributed by atoms with Crippen molar-refractivity contribution in [2.45, 2.75) is 25.8 Å². The van der Waals surface area contributed by atoms with Crippen LogP contribution in [0.15, 0.2) is 41.4 Å². The predicted molar refractivity (Wildman–Crippen MR) is 122 cm³/mol. The van der Waals surface area contributed by atoms with Gasteiger partial charge in [-0.25, -0.2) is 0 Å². The third-order valence-electron chi connectivity index (χ3n) is 5.09. The number of primary amides is 1. The van der Waals surface area contributed by atoms with Crippen LogP contribution in [0.5, 0.6) is 0 Å². The first-order chi connectivity index (χ1) is 12.7. The number of nitrogens with one attached hydrogen (secondary N) is 1. The summed E-state index contributed by atoms with van der Waals surface area (Å²) in [6, 6.07) is 8.69. The van der Waals surface area contributed by atoms with Crippen LogP contribution in [0, 0.1) is 5.92 Å². The first-order valence-electron chi connectivity index (χ1n) is 9.38. The minimum Gasteiger partial charge on any atom is -0.370 e. The molecule has 1 aromatic carbocycles. The van der Waals surface area contributed by atoms with Gasteiger partial charge in [0, 0.05) is 51.9 Å². The van der Waals surface area contributed by atoms with E-state index in [0.717, 1.165) is 51.5 Å². The number of carbonyl (C=O) groups excluding carboxylic acids is 1. The van der Waals surface area contributed by atoms with Crippen LogP contribution in [-0.4, -0.2) is 50.0 Å². The van der Waals surface area contributed by atoms with Gasteiger partial charge >= 0.3 is 0 Å². The quantitative estimate of drug-likeness (QED) is 0.292. The Kier molecular flexibility index (Phi) is 8.40. The fourth-order valence-electron chi connectivity index (χ4n) is 3.74. The Morgan fingerprint density at radius 1 is 1.26 bits per heavy atom. The second-order valence-corrected chi connectivity index (χ2v) is 7.07. The number of hydrogen-bond acceptors (Lipinski definition) is 3. The van der Waals surface area contributed by atoms with Crippen LogP contribution < -0.4 is 16.0 Å². The van der Waals surface area contributed by atoms with Gasteiger partial charge in [-0.2, -0.15) is 0 Å². The number of halogens is 1. The van der Waals surface area contributed by atoms with Crippen molar-refractivity contribution < 1.29 is 4.79 Å². The lowest BCUT2D eigenvalue weighted by Crippen LogP contribution is -2.46. The van der Waals surface area contributed by atoms with Crippen LogP contribution in [0.2, 0.25) is 0 Å². The maximum atomic E-state index is 11.2. The summed E-state index contributed by atoms with van der Waals surface area (Å²) in [6.45, 7) is 4.53. The number of carbonyl (C=O) groups is 1. The zero-order valence-electron chi connectivity index (χ0n) is 15.9. The monoisotopic (exact) mass is 483 g/mol. The van der Waals surface area contributed by atoms with E-state index in [1.54, 1.807) is 0 Å². The average molecular weight is 483 g/mol. The van der Waals surface area contributed by atoms with E-state index in [9.17, 15) is 4.79 Å². The number of aliphatic imine (C=N–C) groups is 1.